The van der Waals surface area contributed by atoms with Crippen molar-refractivity contribution >= 4 is 34.8 Å². The highest BCUT2D eigenvalue weighted by Gasteiger charge is 2.25. The summed E-state index contributed by atoms with van der Waals surface area (Å²) < 4.78 is 16.6. The molecule has 3 aromatic heterocycles. The topological polar surface area (TPSA) is 139 Å². The summed E-state index contributed by atoms with van der Waals surface area (Å²) >= 11 is 0. The molecular weight excluding hydrogens is 463 g/mol. The predicted octanol–water partition coefficient (Wildman–Crippen LogP) is 4.25. The standard InChI is InChI=1S/C25H27FN8O2/c1-5-15-7-6-8-19(30-15)32-24(36)31-18-10-9-14(11-17(18)26)20-16(23(35)33-25(2,3)4)12-34-21(20)22(27)28-13-29-34/h6-13H,5H2,1-4H3,(H,33,35)(H2,27,28,29)(H2,30,31,32,36). The average Bonchev–Trinajstić information content (AvgIpc) is 3.21. The number of amides is 3. The number of aromatic nitrogens is 4. The number of nitrogens with two attached hydrogens (primary N) is 1. The molecule has 0 saturated heterocycles. The summed E-state index contributed by atoms with van der Waals surface area (Å²) in [7, 11) is 0. The highest BCUT2D eigenvalue weighted by atomic mass is 19.1. The van der Waals surface area contributed by atoms with E-state index in [-0.39, 0.29) is 23.0 Å². The molecule has 36 heavy (non-hydrogen) atoms. The number of aryl methyl sites for hydroxylation is 1. The Labute approximate surface area is 207 Å². The molecule has 0 aliphatic rings. The van der Waals surface area contributed by atoms with Gasteiger partial charge < -0.3 is 16.4 Å². The summed E-state index contributed by atoms with van der Waals surface area (Å²) in [6.07, 6.45) is 3.51. The lowest BCUT2D eigenvalue weighted by atomic mass is 10.00. The van der Waals surface area contributed by atoms with Crippen molar-refractivity contribution in [2.75, 3.05) is 16.4 Å². The van der Waals surface area contributed by atoms with Gasteiger partial charge in [-0.1, -0.05) is 19.1 Å². The molecule has 0 unspecified atom stereocenters. The van der Waals surface area contributed by atoms with Crippen LogP contribution in [0.3, 0.4) is 0 Å². The summed E-state index contributed by atoms with van der Waals surface area (Å²) in [5, 5.41) is 12.1. The minimum absolute atomic E-state index is 0.0451. The molecule has 4 aromatic rings. The van der Waals surface area contributed by atoms with Gasteiger partial charge in [0.05, 0.1) is 11.3 Å². The van der Waals surface area contributed by atoms with Crippen LogP contribution in [0.4, 0.5) is 26.5 Å². The fourth-order valence-electron chi connectivity index (χ4n) is 3.70. The Kier molecular flexibility index (Phi) is 6.56. The summed E-state index contributed by atoms with van der Waals surface area (Å²) in [6.45, 7) is 7.52. The van der Waals surface area contributed by atoms with Gasteiger partial charge in [-0.25, -0.2) is 23.7 Å². The number of nitrogens with one attached hydrogen (secondary N) is 3. The van der Waals surface area contributed by atoms with Crippen LogP contribution in [-0.4, -0.2) is 37.1 Å². The number of pyridine rings is 1. The first-order valence-corrected chi connectivity index (χ1v) is 11.3. The summed E-state index contributed by atoms with van der Waals surface area (Å²) in [5.74, 6) is -0.575. The maximum Gasteiger partial charge on any atom is 0.324 e. The molecule has 0 spiro atoms. The van der Waals surface area contributed by atoms with Gasteiger partial charge in [0.2, 0.25) is 0 Å². The molecule has 0 atom stereocenters. The number of benzene rings is 1. The third-order valence-corrected chi connectivity index (χ3v) is 5.25. The van der Waals surface area contributed by atoms with Crippen LogP contribution < -0.4 is 21.7 Å². The molecule has 0 fully saturated rings. The number of rotatable bonds is 5. The lowest BCUT2D eigenvalue weighted by Crippen LogP contribution is -2.40. The Morgan fingerprint density at radius 3 is 2.61 bits per heavy atom. The van der Waals surface area contributed by atoms with E-state index in [0.29, 0.717) is 28.9 Å². The zero-order valence-corrected chi connectivity index (χ0v) is 20.4. The molecule has 4 rings (SSSR count). The lowest BCUT2D eigenvalue weighted by molar-refractivity contribution is 0.0920. The van der Waals surface area contributed by atoms with Crippen molar-refractivity contribution in [3.8, 4) is 11.1 Å². The quantitative estimate of drug-likeness (QED) is 0.330. The molecule has 5 N–H and O–H groups in total. The second kappa shape index (κ2) is 9.61. The van der Waals surface area contributed by atoms with Gasteiger partial charge in [-0.15, -0.1) is 0 Å². The molecule has 1 aromatic carbocycles. The number of carbonyl (C=O) groups is 2. The van der Waals surface area contributed by atoms with Crippen molar-refractivity contribution < 1.29 is 14.0 Å². The van der Waals surface area contributed by atoms with Crippen LogP contribution >= 0.6 is 0 Å². The van der Waals surface area contributed by atoms with E-state index < -0.39 is 17.4 Å². The molecule has 3 heterocycles. The van der Waals surface area contributed by atoms with E-state index in [0.717, 1.165) is 5.69 Å². The summed E-state index contributed by atoms with van der Waals surface area (Å²) in [5.41, 5.74) is 7.75. The minimum atomic E-state index is -0.699. The Hall–Kier alpha value is -4.54. The zero-order valence-electron chi connectivity index (χ0n) is 20.4. The van der Waals surface area contributed by atoms with Crippen LogP contribution in [0, 0.1) is 5.82 Å². The van der Waals surface area contributed by atoms with Gasteiger partial charge >= 0.3 is 6.03 Å². The SMILES string of the molecule is CCc1cccc(NC(=O)Nc2ccc(-c3c(C(=O)NC(C)(C)C)cn4ncnc(N)c34)cc2F)n1. The van der Waals surface area contributed by atoms with Gasteiger partial charge in [-0.05, 0) is 57.0 Å². The third kappa shape index (κ3) is 5.24. The predicted molar refractivity (Wildman–Crippen MR) is 136 cm³/mol. The van der Waals surface area contributed by atoms with Crippen molar-refractivity contribution in [1.29, 1.82) is 0 Å². The van der Waals surface area contributed by atoms with Crippen molar-refractivity contribution in [3.05, 3.63) is 66.0 Å². The van der Waals surface area contributed by atoms with E-state index >= 15 is 4.39 Å². The van der Waals surface area contributed by atoms with Crippen molar-refractivity contribution in [1.82, 2.24) is 24.9 Å². The third-order valence-electron chi connectivity index (χ3n) is 5.25. The molecule has 10 nitrogen and oxygen atoms in total. The Morgan fingerprint density at radius 1 is 1.14 bits per heavy atom. The molecule has 0 aliphatic heterocycles. The zero-order chi connectivity index (χ0) is 26.0. The van der Waals surface area contributed by atoms with Gasteiger partial charge in [-0.2, -0.15) is 5.10 Å². The van der Waals surface area contributed by atoms with E-state index in [2.05, 4.69) is 31.0 Å². The highest BCUT2D eigenvalue weighted by Crippen LogP contribution is 2.34. The van der Waals surface area contributed by atoms with Gasteiger partial charge in [-0.3, -0.25) is 10.1 Å². The number of nitrogens with zero attached hydrogens (tertiary/aromatic N) is 4. The van der Waals surface area contributed by atoms with Crippen LogP contribution in [0.2, 0.25) is 0 Å². The molecule has 0 saturated carbocycles. The maximum atomic E-state index is 15.1. The van der Waals surface area contributed by atoms with Crippen LogP contribution in [-0.2, 0) is 6.42 Å². The highest BCUT2D eigenvalue weighted by molar-refractivity contribution is 6.07. The average molecular weight is 491 g/mol. The first kappa shape index (κ1) is 24.6. The van der Waals surface area contributed by atoms with Crippen LogP contribution in [0.25, 0.3) is 16.6 Å². The van der Waals surface area contributed by atoms with Crippen molar-refractivity contribution in [2.45, 2.75) is 39.7 Å². The monoisotopic (exact) mass is 490 g/mol. The summed E-state index contributed by atoms with van der Waals surface area (Å²) in [6, 6.07) is 8.86. The Bertz CT molecular complexity index is 1460. The number of nitrogen functional groups attached to an aromatic ring is 1. The minimum Gasteiger partial charge on any atom is -0.382 e. The maximum absolute atomic E-state index is 15.1. The van der Waals surface area contributed by atoms with Crippen molar-refractivity contribution in [2.24, 2.45) is 0 Å². The molecule has 11 heteroatoms. The van der Waals surface area contributed by atoms with Gasteiger partial charge in [0.1, 0.15) is 23.5 Å². The van der Waals surface area contributed by atoms with E-state index in [1.807, 2.05) is 33.8 Å². The molecule has 186 valence electrons. The second-order valence-corrected chi connectivity index (χ2v) is 9.20. The number of anilines is 3. The first-order chi connectivity index (χ1) is 17.1. The van der Waals surface area contributed by atoms with Gasteiger partial charge in [0, 0.05) is 23.0 Å². The van der Waals surface area contributed by atoms with E-state index in [1.165, 1.54) is 29.2 Å². The lowest BCUT2D eigenvalue weighted by Gasteiger charge is -2.20. The van der Waals surface area contributed by atoms with Crippen LogP contribution in [0.1, 0.15) is 43.7 Å². The van der Waals surface area contributed by atoms with Crippen LogP contribution in [0.15, 0.2) is 48.9 Å². The number of halogens is 1. The van der Waals surface area contributed by atoms with Crippen molar-refractivity contribution in [3.63, 3.8) is 0 Å². The summed E-state index contributed by atoms with van der Waals surface area (Å²) in [4.78, 5) is 33.8. The van der Waals surface area contributed by atoms with Gasteiger partial charge in [0.25, 0.3) is 5.91 Å². The molecule has 0 bridgehead atoms. The van der Waals surface area contributed by atoms with E-state index in [9.17, 15) is 9.59 Å². The fraction of sp³-hybridized carbons (Fsp3) is 0.240. The first-order valence-electron chi connectivity index (χ1n) is 11.3. The smallest absolute Gasteiger partial charge is 0.324 e. The number of fused-ring (bicyclic) bond motifs is 1. The molecule has 0 radical (unpaired) electrons. The van der Waals surface area contributed by atoms with Crippen LogP contribution in [0.5, 0.6) is 0 Å². The molecule has 3 amide bonds. The fourth-order valence-corrected chi connectivity index (χ4v) is 3.70. The number of carbonyl (C=O) groups excluding carboxylic acids is 2. The Morgan fingerprint density at radius 2 is 1.92 bits per heavy atom. The Balaban J connectivity index is 1.66. The molecular formula is C25H27FN8O2. The van der Waals surface area contributed by atoms with E-state index in [1.54, 1.807) is 18.2 Å². The number of hydrogen-bond acceptors (Lipinski definition) is 6. The normalized spacial score (nSPS) is 11.4. The number of urea groups is 1. The largest absolute Gasteiger partial charge is 0.382 e. The molecule has 0 aliphatic carbocycles. The van der Waals surface area contributed by atoms with Gasteiger partial charge in [0.15, 0.2) is 5.82 Å². The second-order valence-electron chi connectivity index (χ2n) is 9.20. The number of hydrogen-bond donors (Lipinski definition) is 4. The van der Waals surface area contributed by atoms with E-state index in [4.69, 9.17) is 5.73 Å².